The summed E-state index contributed by atoms with van der Waals surface area (Å²) in [6.45, 7) is 4.67. The molecule has 0 aliphatic carbocycles. The monoisotopic (exact) mass is 309 g/mol. The highest BCUT2D eigenvalue weighted by atomic mass is 35.5. The Morgan fingerprint density at radius 1 is 1.38 bits per heavy atom. The largest absolute Gasteiger partial charge is 0.478 e. The van der Waals surface area contributed by atoms with Gasteiger partial charge in [-0.05, 0) is 25.0 Å². The van der Waals surface area contributed by atoms with E-state index in [2.05, 4.69) is 24.3 Å². The maximum Gasteiger partial charge on any atom is 0.336 e. The second-order valence-electron chi connectivity index (χ2n) is 4.75. The average Bonchev–Trinajstić information content (AvgIpc) is 2.93. The van der Waals surface area contributed by atoms with Crippen LogP contribution >= 0.6 is 12.4 Å². The van der Waals surface area contributed by atoms with Crippen LogP contribution < -0.4 is 5.32 Å². The maximum absolute atomic E-state index is 11.1. The van der Waals surface area contributed by atoms with E-state index in [-0.39, 0.29) is 12.4 Å². The minimum Gasteiger partial charge on any atom is -0.478 e. The van der Waals surface area contributed by atoms with Gasteiger partial charge in [-0.25, -0.2) is 4.79 Å². The molecule has 6 heteroatoms. The molecule has 0 amide bonds. The van der Waals surface area contributed by atoms with E-state index in [4.69, 9.17) is 5.11 Å². The third-order valence-electron chi connectivity index (χ3n) is 3.36. The Morgan fingerprint density at radius 2 is 2.10 bits per heavy atom. The Bertz CT molecular complexity index is 598. The summed E-state index contributed by atoms with van der Waals surface area (Å²) in [4.78, 5) is 11.1. The van der Waals surface area contributed by atoms with E-state index in [0.717, 1.165) is 17.8 Å². The number of hydrogen-bond acceptors (Lipinski definition) is 3. The van der Waals surface area contributed by atoms with Gasteiger partial charge in [0, 0.05) is 24.8 Å². The van der Waals surface area contributed by atoms with Gasteiger partial charge in [0.05, 0.1) is 5.56 Å². The predicted molar refractivity (Wildman–Crippen MR) is 85.2 cm³/mol. The van der Waals surface area contributed by atoms with Gasteiger partial charge in [-0.3, -0.25) is 4.68 Å². The van der Waals surface area contributed by atoms with Crippen molar-refractivity contribution < 1.29 is 9.90 Å². The zero-order valence-corrected chi connectivity index (χ0v) is 12.9. The zero-order chi connectivity index (χ0) is 14.5. The number of hydrogen-bond donors (Lipinski definition) is 2. The van der Waals surface area contributed by atoms with Crippen molar-refractivity contribution in [1.82, 2.24) is 9.78 Å². The summed E-state index contributed by atoms with van der Waals surface area (Å²) in [6, 6.07) is 9.23. The number of aromatic nitrogens is 2. The number of carbonyl (C=O) groups is 1. The van der Waals surface area contributed by atoms with E-state index < -0.39 is 5.97 Å². The lowest BCUT2D eigenvalue weighted by molar-refractivity contribution is 0.0696. The molecule has 1 aromatic carbocycles. The van der Waals surface area contributed by atoms with Gasteiger partial charge in [-0.15, -0.1) is 12.4 Å². The summed E-state index contributed by atoms with van der Waals surface area (Å²) >= 11 is 0. The van der Waals surface area contributed by atoms with Gasteiger partial charge < -0.3 is 10.4 Å². The highest BCUT2D eigenvalue weighted by Crippen LogP contribution is 2.14. The predicted octanol–water partition coefficient (Wildman–Crippen LogP) is 3.59. The number of nitrogens with one attached hydrogen (secondary N) is 1. The number of benzene rings is 1. The van der Waals surface area contributed by atoms with E-state index >= 15 is 0 Å². The van der Waals surface area contributed by atoms with E-state index in [0.29, 0.717) is 18.2 Å². The minimum absolute atomic E-state index is 0. The fraction of sp³-hybridized carbons (Fsp3) is 0.333. The van der Waals surface area contributed by atoms with Crippen LogP contribution in [0.2, 0.25) is 0 Å². The molecule has 0 saturated heterocycles. The first-order valence-electron chi connectivity index (χ1n) is 6.72. The molecule has 0 radical (unpaired) electrons. The molecule has 0 bridgehead atoms. The van der Waals surface area contributed by atoms with Gasteiger partial charge in [0.1, 0.15) is 5.82 Å². The summed E-state index contributed by atoms with van der Waals surface area (Å²) in [7, 11) is 0. The average molecular weight is 310 g/mol. The standard InChI is InChI=1S/C15H19N3O2.ClH/c1-3-11(2)18-9-8-14(17-18)16-10-12-6-4-5-7-13(12)15(19)20;/h4-9,11H,3,10H2,1-2H3,(H,16,17)(H,19,20);1H. The number of aromatic carboxylic acids is 1. The minimum atomic E-state index is -0.910. The Morgan fingerprint density at radius 3 is 2.76 bits per heavy atom. The first-order chi connectivity index (χ1) is 9.61. The molecule has 2 rings (SSSR count). The van der Waals surface area contributed by atoms with E-state index in [1.165, 1.54) is 0 Å². The Labute approximate surface area is 130 Å². The summed E-state index contributed by atoms with van der Waals surface area (Å²) in [5, 5.41) is 16.7. The molecule has 1 unspecified atom stereocenters. The lowest BCUT2D eigenvalue weighted by Gasteiger charge is -2.09. The number of carboxylic acids is 1. The molecular weight excluding hydrogens is 290 g/mol. The van der Waals surface area contributed by atoms with Crippen molar-refractivity contribution >= 4 is 24.2 Å². The molecule has 1 aromatic heterocycles. The molecule has 21 heavy (non-hydrogen) atoms. The fourth-order valence-electron chi connectivity index (χ4n) is 1.93. The molecular formula is C15H20ClN3O2. The lowest BCUT2D eigenvalue weighted by atomic mass is 10.1. The second kappa shape index (κ2) is 7.69. The first-order valence-corrected chi connectivity index (χ1v) is 6.72. The molecule has 1 heterocycles. The normalized spacial score (nSPS) is 11.5. The highest BCUT2D eigenvalue weighted by Gasteiger charge is 2.09. The van der Waals surface area contributed by atoms with Gasteiger partial charge in [-0.2, -0.15) is 5.10 Å². The molecule has 0 aliphatic rings. The van der Waals surface area contributed by atoms with Crippen LogP contribution in [-0.4, -0.2) is 20.9 Å². The molecule has 5 nitrogen and oxygen atoms in total. The zero-order valence-electron chi connectivity index (χ0n) is 12.1. The SMILES string of the molecule is CCC(C)n1ccc(NCc2ccccc2C(=O)O)n1.Cl. The van der Waals surface area contributed by atoms with Crippen LogP contribution in [0.5, 0.6) is 0 Å². The summed E-state index contributed by atoms with van der Waals surface area (Å²) < 4.78 is 1.91. The van der Waals surface area contributed by atoms with Crippen molar-refractivity contribution in [2.45, 2.75) is 32.9 Å². The smallest absolute Gasteiger partial charge is 0.336 e. The van der Waals surface area contributed by atoms with Crippen LogP contribution in [0, 0.1) is 0 Å². The topological polar surface area (TPSA) is 67.2 Å². The van der Waals surface area contributed by atoms with Gasteiger partial charge in [0.15, 0.2) is 0 Å². The number of rotatable bonds is 6. The molecule has 0 fully saturated rings. The summed E-state index contributed by atoms with van der Waals surface area (Å²) in [6.07, 6.45) is 2.95. The molecule has 2 N–H and O–H groups in total. The Hall–Kier alpha value is -2.01. The van der Waals surface area contributed by atoms with E-state index in [1.807, 2.05) is 29.1 Å². The van der Waals surface area contributed by atoms with Gasteiger partial charge in [0.25, 0.3) is 0 Å². The van der Waals surface area contributed by atoms with Gasteiger partial charge >= 0.3 is 5.97 Å². The van der Waals surface area contributed by atoms with E-state index in [9.17, 15) is 4.79 Å². The van der Waals surface area contributed by atoms with Crippen LogP contribution in [0.3, 0.4) is 0 Å². The maximum atomic E-state index is 11.1. The molecule has 1 atom stereocenters. The van der Waals surface area contributed by atoms with Crippen LogP contribution in [0.15, 0.2) is 36.5 Å². The first kappa shape index (κ1) is 17.0. The molecule has 0 spiro atoms. The van der Waals surface area contributed by atoms with Crippen molar-refractivity contribution in [2.75, 3.05) is 5.32 Å². The van der Waals surface area contributed by atoms with Crippen molar-refractivity contribution in [2.24, 2.45) is 0 Å². The van der Waals surface area contributed by atoms with Crippen LogP contribution in [0.25, 0.3) is 0 Å². The molecule has 0 aliphatic heterocycles. The highest BCUT2D eigenvalue weighted by molar-refractivity contribution is 5.89. The van der Waals surface area contributed by atoms with Crippen molar-refractivity contribution in [1.29, 1.82) is 0 Å². The Balaban J connectivity index is 0.00000220. The number of carboxylic acid groups (broad SMARTS) is 1. The number of halogens is 1. The molecule has 0 saturated carbocycles. The number of anilines is 1. The quantitative estimate of drug-likeness (QED) is 0.855. The lowest BCUT2D eigenvalue weighted by Crippen LogP contribution is -2.08. The summed E-state index contributed by atoms with van der Waals surface area (Å²) in [5.74, 6) is -0.155. The fourth-order valence-corrected chi connectivity index (χ4v) is 1.93. The van der Waals surface area contributed by atoms with Crippen molar-refractivity contribution in [3.8, 4) is 0 Å². The van der Waals surface area contributed by atoms with E-state index in [1.54, 1.807) is 12.1 Å². The third-order valence-corrected chi connectivity index (χ3v) is 3.36. The Kier molecular flexibility index (Phi) is 6.24. The molecule has 114 valence electrons. The van der Waals surface area contributed by atoms with Crippen molar-refractivity contribution in [3.05, 3.63) is 47.7 Å². The molecule has 2 aromatic rings. The van der Waals surface area contributed by atoms with Crippen LogP contribution in [0.4, 0.5) is 5.82 Å². The van der Waals surface area contributed by atoms with Crippen LogP contribution in [0.1, 0.15) is 42.2 Å². The van der Waals surface area contributed by atoms with Gasteiger partial charge in [-0.1, -0.05) is 25.1 Å². The van der Waals surface area contributed by atoms with Gasteiger partial charge in [0.2, 0.25) is 0 Å². The van der Waals surface area contributed by atoms with Crippen LogP contribution in [-0.2, 0) is 6.54 Å². The second-order valence-corrected chi connectivity index (χ2v) is 4.75. The third kappa shape index (κ3) is 4.23. The summed E-state index contributed by atoms with van der Waals surface area (Å²) in [5.41, 5.74) is 1.07. The van der Waals surface area contributed by atoms with Crippen molar-refractivity contribution in [3.63, 3.8) is 0 Å². The number of nitrogens with zero attached hydrogens (tertiary/aromatic N) is 2.